The molecule has 1 heterocycles. The highest BCUT2D eigenvalue weighted by molar-refractivity contribution is 6.04. The van der Waals surface area contributed by atoms with Gasteiger partial charge in [0.1, 0.15) is 17.1 Å². The second-order valence-corrected chi connectivity index (χ2v) is 7.74. The van der Waals surface area contributed by atoms with Gasteiger partial charge < -0.3 is 20.9 Å². The third kappa shape index (κ3) is 2.69. The smallest absolute Gasteiger partial charge is 0.335 e. The molecule has 30 heavy (non-hydrogen) atoms. The van der Waals surface area contributed by atoms with Crippen molar-refractivity contribution in [2.24, 2.45) is 16.1 Å². The number of hydrogen-bond donors (Lipinski definition) is 3. The molecule has 2 aromatic rings. The van der Waals surface area contributed by atoms with E-state index in [1.807, 2.05) is 0 Å². The van der Waals surface area contributed by atoms with Gasteiger partial charge in [0.05, 0.1) is 23.8 Å². The van der Waals surface area contributed by atoms with E-state index in [0.717, 1.165) is 0 Å². The number of carbonyl (C=O) groups excluding carboxylic acids is 1. The molecule has 156 valence electrons. The molecule has 0 spiro atoms. The fourth-order valence-corrected chi connectivity index (χ4v) is 4.08. The van der Waals surface area contributed by atoms with Crippen LogP contribution in [0.3, 0.4) is 0 Å². The molecule has 4 N–H and O–H groups in total. The molecule has 8 nitrogen and oxygen atoms in total. The lowest BCUT2D eigenvalue weighted by Gasteiger charge is -2.30. The van der Waals surface area contributed by atoms with E-state index in [0.29, 0.717) is 23.5 Å². The van der Waals surface area contributed by atoms with Gasteiger partial charge in [-0.25, -0.2) is 14.2 Å². The van der Waals surface area contributed by atoms with E-state index in [1.165, 1.54) is 30.2 Å². The Hall–Kier alpha value is -3.62. The molecule has 2 atom stereocenters. The normalized spacial score (nSPS) is 24.7. The van der Waals surface area contributed by atoms with Crippen LogP contribution in [0.4, 0.5) is 15.8 Å². The first-order valence-electron chi connectivity index (χ1n) is 9.25. The average molecular weight is 412 g/mol. The fourth-order valence-electron chi connectivity index (χ4n) is 4.08. The molecule has 4 rings (SSSR count). The van der Waals surface area contributed by atoms with Crippen LogP contribution < -0.4 is 15.8 Å². The Balaban J connectivity index is 1.73. The summed E-state index contributed by atoms with van der Waals surface area (Å²) in [5, 5.41) is 12.3. The summed E-state index contributed by atoms with van der Waals surface area (Å²) >= 11 is 0. The van der Waals surface area contributed by atoms with Gasteiger partial charge in [-0.05, 0) is 49.7 Å². The Bertz CT molecular complexity index is 1120. The van der Waals surface area contributed by atoms with Crippen LogP contribution in [0.1, 0.15) is 29.3 Å². The van der Waals surface area contributed by atoms with Gasteiger partial charge in [-0.3, -0.25) is 9.69 Å². The maximum Gasteiger partial charge on any atom is 0.335 e. The van der Waals surface area contributed by atoms with E-state index in [9.17, 15) is 14.0 Å². The molecular weight excluding hydrogens is 391 g/mol. The summed E-state index contributed by atoms with van der Waals surface area (Å²) in [6, 6.07) is 8.85. The summed E-state index contributed by atoms with van der Waals surface area (Å²) < 4.78 is 20.1. The first-order valence-corrected chi connectivity index (χ1v) is 9.25. The summed E-state index contributed by atoms with van der Waals surface area (Å²) in [4.78, 5) is 29.6. The van der Waals surface area contributed by atoms with Crippen molar-refractivity contribution in [3.05, 3.63) is 53.3 Å². The predicted octanol–water partition coefficient (Wildman–Crippen LogP) is 2.67. The van der Waals surface area contributed by atoms with Gasteiger partial charge in [0.15, 0.2) is 5.96 Å². The van der Waals surface area contributed by atoms with E-state index in [-0.39, 0.29) is 23.0 Å². The quantitative estimate of drug-likeness (QED) is 0.695. The highest BCUT2D eigenvalue weighted by Crippen LogP contribution is 2.68. The maximum absolute atomic E-state index is 14.8. The molecule has 2 aliphatic rings. The van der Waals surface area contributed by atoms with E-state index < -0.39 is 22.7 Å². The van der Waals surface area contributed by atoms with Crippen LogP contribution in [0.15, 0.2) is 41.4 Å². The van der Waals surface area contributed by atoms with Crippen molar-refractivity contribution in [3.63, 3.8) is 0 Å². The monoisotopic (exact) mass is 412 g/mol. The van der Waals surface area contributed by atoms with Crippen molar-refractivity contribution >= 4 is 29.2 Å². The van der Waals surface area contributed by atoms with Crippen LogP contribution in [0.25, 0.3) is 0 Å². The van der Waals surface area contributed by atoms with Crippen LogP contribution in [0.2, 0.25) is 0 Å². The molecule has 0 saturated heterocycles. The molecule has 1 amide bonds. The maximum atomic E-state index is 14.8. The zero-order valence-electron chi connectivity index (χ0n) is 16.7. The fraction of sp³-hybridized carbons (Fsp3) is 0.286. The van der Waals surface area contributed by atoms with Gasteiger partial charge in [0.25, 0.3) is 0 Å². The van der Waals surface area contributed by atoms with Crippen LogP contribution in [0.5, 0.6) is 5.75 Å². The number of aliphatic imine (C=N–C) groups is 1. The van der Waals surface area contributed by atoms with Crippen molar-refractivity contribution in [1.29, 1.82) is 0 Å². The van der Waals surface area contributed by atoms with Crippen LogP contribution in [0, 0.1) is 11.2 Å². The van der Waals surface area contributed by atoms with Crippen molar-refractivity contribution in [2.75, 3.05) is 19.5 Å². The van der Waals surface area contributed by atoms with E-state index in [1.54, 1.807) is 32.2 Å². The van der Waals surface area contributed by atoms with Crippen molar-refractivity contribution in [3.8, 4) is 5.75 Å². The second kappa shape index (κ2) is 6.45. The Morgan fingerprint density at radius 2 is 2.07 bits per heavy atom. The van der Waals surface area contributed by atoms with Gasteiger partial charge in [-0.2, -0.15) is 0 Å². The number of hydrogen-bond acceptors (Lipinski definition) is 6. The van der Waals surface area contributed by atoms with E-state index in [2.05, 4.69) is 10.3 Å². The Morgan fingerprint density at radius 1 is 1.33 bits per heavy atom. The number of ether oxygens (including phenoxy) is 1. The number of carboxylic acid groups (broad SMARTS) is 1. The number of methoxy groups -OCH3 is 1. The number of benzene rings is 2. The van der Waals surface area contributed by atoms with E-state index in [4.69, 9.17) is 15.6 Å². The van der Waals surface area contributed by atoms with Gasteiger partial charge >= 0.3 is 5.97 Å². The van der Waals surface area contributed by atoms with Gasteiger partial charge in [0, 0.05) is 18.3 Å². The lowest BCUT2D eigenvalue weighted by molar-refractivity contribution is -0.132. The van der Waals surface area contributed by atoms with Crippen LogP contribution in [-0.2, 0) is 10.3 Å². The minimum Gasteiger partial charge on any atom is -0.495 e. The molecular formula is C21H21FN4O4. The van der Waals surface area contributed by atoms with Gasteiger partial charge in [-0.1, -0.05) is 0 Å². The first-order chi connectivity index (χ1) is 14.1. The van der Waals surface area contributed by atoms with E-state index >= 15 is 0 Å². The molecule has 2 aromatic carbocycles. The molecule has 0 radical (unpaired) electrons. The second-order valence-electron chi connectivity index (χ2n) is 7.74. The number of nitrogens with zero attached hydrogens (tertiary/aromatic N) is 2. The number of guanidine groups is 1. The number of rotatable bonds is 5. The molecule has 1 saturated carbocycles. The Morgan fingerprint density at radius 3 is 2.73 bits per heavy atom. The summed E-state index contributed by atoms with van der Waals surface area (Å²) in [7, 11) is 2.98. The summed E-state index contributed by atoms with van der Waals surface area (Å²) in [6.45, 7) is 1.76. The van der Waals surface area contributed by atoms with Gasteiger partial charge in [0.2, 0.25) is 5.91 Å². The highest BCUT2D eigenvalue weighted by Gasteiger charge is 2.74. The molecule has 1 aliphatic carbocycles. The lowest BCUT2D eigenvalue weighted by atomic mass is 9.92. The molecule has 1 aliphatic heterocycles. The van der Waals surface area contributed by atoms with Crippen molar-refractivity contribution in [1.82, 2.24) is 4.90 Å². The topological polar surface area (TPSA) is 117 Å². The third-order valence-corrected chi connectivity index (χ3v) is 5.96. The molecule has 1 fully saturated rings. The predicted molar refractivity (Wildman–Crippen MR) is 108 cm³/mol. The highest BCUT2D eigenvalue weighted by atomic mass is 19.1. The number of anilines is 2. The SMILES string of the molecule is COc1cc(C(=O)O)ccc1Nc1ccc(F)c([C@]23CC2(C)C(=O)N(C)C(N)=N3)c1. The minimum absolute atomic E-state index is 0.0543. The number of fused-ring (bicyclic) bond motifs is 1. The summed E-state index contributed by atoms with van der Waals surface area (Å²) in [6.07, 6.45) is 0.362. The van der Waals surface area contributed by atoms with Gasteiger partial charge in [-0.15, -0.1) is 0 Å². The number of carboxylic acids is 1. The number of halogens is 1. The van der Waals surface area contributed by atoms with Crippen LogP contribution in [-0.4, -0.2) is 42.0 Å². The number of aromatic carboxylic acids is 1. The Labute approximate surface area is 172 Å². The van der Waals surface area contributed by atoms with Crippen LogP contribution >= 0.6 is 0 Å². The summed E-state index contributed by atoms with van der Waals surface area (Å²) in [5.74, 6) is -1.37. The molecule has 9 heteroatoms. The molecule has 0 bridgehead atoms. The third-order valence-electron chi connectivity index (χ3n) is 5.96. The minimum atomic E-state index is -1.07. The lowest BCUT2D eigenvalue weighted by Crippen LogP contribution is -2.48. The molecule has 0 aromatic heterocycles. The number of amides is 1. The largest absolute Gasteiger partial charge is 0.495 e. The van der Waals surface area contributed by atoms with Crippen molar-refractivity contribution in [2.45, 2.75) is 18.9 Å². The number of nitrogens with one attached hydrogen (secondary N) is 1. The zero-order chi connectivity index (χ0) is 21.8. The first kappa shape index (κ1) is 19.7. The zero-order valence-corrected chi connectivity index (χ0v) is 16.7. The summed E-state index contributed by atoms with van der Waals surface area (Å²) in [5.41, 5.74) is 5.42. The Kier molecular flexibility index (Phi) is 4.23. The van der Waals surface area contributed by atoms with Crippen molar-refractivity contribution < 1.29 is 23.8 Å². The standard InChI is InChI=1S/C21H21FN4O4/c1-20-10-21(20,25-19(23)26(2)18(20)29)13-9-12(5-6-14(13)22)24-15-7-4-11(17(27)28)8-16(15)30-3/h4-9,24H,10H2,1-3H3,(H2,23,25)(H,27,28)/t20?,21-/m1/s1. The number of carbonyl (C=O) groups is 2. The molecule has 1 unspecified atom stereocenters. The average Bonchev–Trinajstić information content (AvgIpc) is 3.34. The number of nitrogens with two attached hydrogens (primary N) is 1.